The average molecular weight is 478 g/mol. The molecule has 0 bridgehead atoms. The standard InChI is InChI=1S/C26H31N5O2S/c1-26(2)11-10-16-17(12-26)19-20-22(34-25(19)30-24(16)31(3)4)23(29-14-28-20)27-13-15-8-7-9-18(32-5)21(15)33-6/h7-9,14H,10-13H2,1-6H3,(H,27,28,29). The Bertz CT molecular complexity index is 1380. The van der Waals surface area contributed by atoms with Gasteiger partial charge in [-0.2, -0.15) is 0 Å². The van der Waals surface area contributed by atoms with Crippen LogP contribution in [0.25, 0.3) is 20.4 Å². The number of thiophene rings is 1. The summed E-state index contributed by atoms with van der Waals surface area (Å²) in [4.78, 5) is 17.6. The molecule has 1 aliphatic carbocycles. The zero-order chi connectivity index (χ0) is 24.0. The number of hydrogen-bond acceptors (Lipinski definition) is 8. The Kier molecular flexibility index (Phi) is 5.72. The number of fused-ring (bicyclic) bond motifs is 5. The largest absolute Gasteiger partial charge is 0.493 e. The minimum Gasteiger partial charge on any atom is -0.493 e. The van der Waals surface area contributed by atoms with Gasteiger partial charge in [0.1, 0.15) is 22.8 Å². The molecule has 0 unspecified atom stereocenters. The fourth-order valence-corrected chi connectivity index (χ4v) is 6.07. The quantitative estimate of drug-likeness (QED) is 0.396. The van der Waals surface area contributed by atoms with Crippen molar-refractivity contribution in [2.75, 3.05) is 38.5 Å². The van der Waals surface area contributed by atoms with Crippen LogP contribution in [0, 0.1) is 5.41 Å². The SMILES string of the molecule is COc1cccc(CNc2ncnc3c2sc2nc(N(C)C)c4c(c23)CC(C)(C)CC4)c1OC. The molecule has 3 heterocycles. The lowest BCUT2D eigenvalue weighted by Gasteiger charge is -2.33. The van der Waals surface area contributed by atoms with Crippen molar-refractivity contribution in [2.45, 2.75) is 39.7 Å². The van der Waals surface area contributed by atoms with Gasteiger partial charge in [-0.1, -0.05) is 26.0 Å². The van der Waals surface area contributed by atoms with Crippen molar-refractivity contribution in [3.63, 3.8) is 0 Å². The second-order valence-corrected chi connectivity index (χ2v) is 10.8. The molecular formula is C26H31N5O2S. The van der Waals surface area contributed by atoms with Crippen molar-refractivity contribution in [1.82, 2.24) is 15.0 Å². The number of aromatic nitrogens is 3. The normalized spacial score (nSPS) is 14.8. The van der Waals surface area contributed by atoms with E-state index in [0.29, 0.717) is 12.3 Å². The van der Waals surface area contributed by atoms with Gasteiger partial charge < -0.3 is 19.7 Å². The summed E-state index contributed by atoms with van der Waals surface area (Å²) < 4.78 is 12.1. The molecule has 4 aromatic rings. The molecule has 0 fully saturated rings. The first-order valence-electron chi connectivity index (χ1n) is 11.5. The topological polar surface area (TPSA) is 72.4 Å². The van der Waals surface area contributed by atoms with Crippen LogP contribution < -0.4 is 19.7 Å². The minimum atomic E-state index is 0.260. The Morgan fingerprint density at radius 3 is 2.68 bits per heavy atom. The molecule has 0 atom stereocenters. The predicted molar refractivity (Wildman–Crippen MR) is 140 cm³/mol. The van der Waals surface area contributed by atoms with Gasteiger partial charge in [0.25, 0.3) is 0 Å². The third-order valence-electron chi connectivity index (χ3n) is 6.66. The maximum Gasteiger partial charge on any atom is 0.165 e. The first kappa shape index (κ1) is 22.7. The fraction of sp³-hybridized carbons (Fsp3) is 0.423. The van der Waals surface area contributed by atoms with Gasteiger partial charge in [0.2, 0.25) is 0 Å². The molecule has 3 aromatic heterocycles. The lowest BCUT2D eigenvalue weighted by atomic mass is 9.73. The monoisotopic (exact) mass is 477 g/mol. The number of hydrogen-bond donors (Lipinski definition) is 1. The number of methoxy groups -OCH3 is 2. The molecule has 34 heavy (non-hydrogen) atoms. The van der Waals surface area contributed by atoms with Gasteiger partial charge in [0.15, 0.2) is 11.5 Å². The highest BCUT2D eigenvalue weighted by Gasteiger charge is 2.31. The van der Waals surface area contributed by atoms with Crippen molar-refractivity contribution in [3.8, 4) is 11.5 Å². The number of nitrogens with one attached hydrogen (secondary N) is 1. The van der Waals surface area contributed by atoms with Gasteiger partial charge in [-0.05, 0) is 41.9 Å². The Morgan fingerprint density at radius 1 is 1.12 bits per heavy atom. The van der Waals surface area contributed by atoms with Gasteiger partial charge in [-0.15, -0.1) is 11.3 Å². The molecule has 0 radical (unpaired) electrons. The molecule has 1 N–H and O–H groups in total. The lowest BCUT2D eigenvalue weighted by Crippen LogP contribution is -2.25. The third-order valence-corrected chi connectivity index (χ3v) is 7.74. The van der Waals surface area contributed by atoms with E-state index in [0.717, 1.165) is 50.8 Å². The third kappa shape index (κ3) is 3.79. The van der Waals surface area contributed by atoms with E-state index in [1.807, 2.05) is 18.2 Å². The number of rotatable bonds is 6. The van der Waals surface area contributed by atoms with Crippen molar-refractivity contribution < 1.29 is 9.47 Å². The smallest absolute Gasteiger partial charge is 0.165 e. The molecule has 0 amide bonds. The molecule has 1 aliphatic rings. The zero-order valence-corrected chi connectivity index (χ0v) is 21.5. The predicted octanol–water partition coefficient (Wildman–Crippen LogP) is 5.45. The number of nitrogens with zero attached hydrogens (tertiary/aromatic N) is 4. The number of para-hydroxylation sites is 1. The summed E-state index contributed by atoms with van der Waals surface area (Å²) in [5.41, 5.74) is 5.01. The second kappa shape index (κ2) is 8.58. The molecule has 7 nitrogen and oxygen atoms in total. The highest BCUT2D eigenvalue weighted by atomic mass is 32.1. The average Bonchev–Trinajstić information content (AvgIpc) is 3.20. The fourth-order valence-electron chi connectivity index (χ4n) is 4.95. The highest BCUT2D eigenvalue weighted by molar-refractivity contribution is 7.26. The van der Waals surface area contributed by atoms with E-state index in [1.165, 1.54) is 22.9 Å². The first-order valence-corrected chi connectivity index (χ1v) is 12.3. The molecular weight excluding hydrogens is 446 g/mol. The van der Waals surface area contributed by atoms with Crippen LogP contribution in [0.1, 0.15) is 37.0 Å². The van der Waals surface area contributed by atoms with E-state index >= 15 is 0 Å². The molecule has 0 spiro atoms. The second-order valence-electron chi connectivity index (χ2n) is 9.82. The van der Waals surface area contributed by atoms with Crippen LogP contribution in [-0.2, 0) is 19.4 Å². The van der Waals surface area contributed by atoms with Gasteiger partial charge in [-0.3, -0.25) is 0 Å². The van der Waals surface area contributed by atoms with E-state index in [2.05, 4.69) is 43.1 Å². The Hall–Kier alpha value is -3.13. The molecule has 178 valence electrons. The van der Waals surface area contributed by atoms with E-state index in [-0.39, 0.29) is 5.41 Å². The summed E-state index contributed by atoms with van der Waals surface area (Å²) in [6.07, 6.45) is 4.89. The highest BCUT2D eigenvalue weighted by Crippen LogP contribution is 2.46. The Labute approximate surface area is 204 Å². The molecule has 0 saturated carbocycles. The maximum atomic E-state index is 5.60. The number of benzene rings is 1. The van der Waals surface area contributed by atoms with Crippen molar-refractivity contribution in [3.05, 3.63) is 41.2 Å². The van der Waals surface area contributed by atoms with Crippen molar-refractivity contribution >= 4 is 43.4 Å². The first-order chi connectivity index (χ1) is 16.3. The van der Waals surface area contributed by atoms with Crippen LogP contribution in [0.5, 0.6) is 11.5 Å². The van der Waals surface area contributed by atoms with Crippen LogP contribution in [0.2, 0.25) is 0 Å². The Balaban J connectivity index is 1.62. The van der Waals surface area contributed by atoms with E-state index < -0.39 is 0 Å². The van der Waals surface area contributed by atoms with E-state index in [4.69, 9.17) is 19.4 Å². The van der Waals surface area contributed by atoms with Crippen LogP contribution in [0.3, 0.4) is 0 Å². The van der Waals surface area contributed by atoms with E-state index in [1.54, 1.807) is 31.9 Å². The zero-order valence-electron chi connectivity index (χ0n) is 20.7. The van der Waals surface area contributed by atoms with Gasteiger partial charge in [0, 0.05) is 31.6 Å². The van der Waals surface area contributed by atoms with Gasteiger partial charge >= 0.3 is 0 Å². The minimum absolute atomic E-state index is 0.260. The molecule has 1 aromatic carbocycles. The molecule has 8 heteroatoms. The van der Waals surface area contributed by atoms with Gasteiger partial charge in [-0.25, -0.2) is 15.0 Å². The maximum absolute atomic E-state index is 5.60. The number of pyridine rings is 1. The van der Waals surface area contributed by atoms with Crippen LogP contribution in [-0.4, -0.2) is 43.3 Å². The molecule has 0 aliphatic heterocycles. The lowest BCUT2D eigenvalue weighted by molar-refractivity contribution is 0.317. The number of anilines is 2. The summed E-state index contributed by atoms with van der Waals surface area (Å²) in [7, 11) is 7.47. The number of ether oxygens (including phenoxy) is 2. The molecule has 0 saturated heterocycles. The summed E-state index contributed by atoms with van der Waals surface area (Å²) in [5.74, 6) is 3.33. The van der Waals surface area contributed by atoms with Crippen LogP contribution in [0.4, 0.5) is 11.6 Å². The summed E-state index contributed by atoms with van der Waals surface area (Å²) in [6.45, 7) is 5.27. The summed E-state index contributed by atoms with van der Waals surface area (Å²) >= 11 is 1.66. The van der Waals surface area contributed by atoms with Crippen LogP contribution >= 0.6 is 11.3 Å². The van der Waals surface area contributed by atoms with Gasteiger partial charge in [0.05, 0.1) is 24.4 Å². The van der Waals surface area contributed by atoms with Crippen LogP contribution in [0.15, 0.2) is 24.5 Å². The van der Waals surface area contributed by atoms with E-state index in [9.17, 15) is 0 Å². The summed E-state index contributed by atoms with van der Waals surface area (Å²) in [5, 5.41) is 4.70. The van der Waals surface area contributed by atoms with Crippen molar-refractivity contribution in [2.24, 2.45) is 5.41 Å². The molecule has 5 rings (SSSR count). The summed E-state index contributed by atoms with van der Waals surface area (Å²) in [6, 6.07) is 5.89. The van der Waals surface area contributed by atoms with Crippen molar-refractivity contribution in [1.29, 1.82) is 0 Å². The Morgan fingerprint density at radius 2 is 1.94 bits per heavy atom.